The topological polar surface area (TPSA) is 29.1 Å². The smallest absolute Gasteiger partial charge is 0.220 e. The van der Waals surface area contributed by atoms with E-state index in [1.54, 1.807) is 0 Å². The number of carbonyl (C=O) groups is 1. The van der Waals surface area contributed by atoms with Crippen molar-refractivity contribution in [2.45, 2.75) is 59.8 Å². The van der Waals surface area contributed by atoms with Gasteiger partial charge in [0.1, 0.15) is 0 Å². The normalized spacial score (nSPS) is 11.4. The van der Waals surface area contributed by atoms with Crippen molar-refractivity contribution in [2.75, 3.05) is 6.54 Å². The Bertz CT molecular complexity index is 164. The van der Waals surface area contributed by atoms with Gasteiger partial charge in [0, 0.05) is 13.0 Å². The van der Waals surface area contributed by atoms with Crippen LogP contribution in [-0.4, -0.2) is 12.5 Å². The van der Waals surface area contributed by atoms with Crippen LogP contribution in [0.4, 0.5) is 0 Å². The molecule has 0 heterocycles. The molecule has 2 nitrogen and oxygen atoms in total. The van der Waals surface area contributed by atoms with Gasteiger partial charge in [0.2, 0.25) is 5.91 Å². The molecule has 1 N–H and O–H groups in total. The Labute approximate surface area is 88.5 Å². The summed E-state index contributed by atoms with van der Waals surface area (Å²) < 4.78 is 0. The average Bonchev–Trinajstić information content (AvgIpc) is 2.11. The van der Waals surface area contributed by atoms with Crippen molar-refractivity contribution in [1.29, 1.82) is 0 Å². The Morgan fingerprint density at radius 2 is 1.86 bits per heavy atom. The fourth-order valence-corrected chi connectivity index (χ4v) is 1.53. The quantitative estimate of drug-likeness (QED) is 0.670. The van der Waals surface area contributed by atoms with Gasteiger partial charge in [-0.15, -0.1) is 0 Å². The summed E-state index contributed by atoms with van der Waals surface area (Å²) >= 11 is 0. The molecule has 0 rings (SSSR count). The summed E-state index contributed by atoms with van der Waals surface area (Å²) in [7, 11) is 0. The lowest BCUT2D eigenvalue weighted by Gasteiger charge is -2.24. The third kappa shape index (κ3) is 6.93. The van der Waals surface area contributed by atoms with E-state index in [4.69, 9.17) is 0 Å². The number of amides is 1. The summed E-state index contributed by atoms with van der Waals surface area (Å²) in [5.74, 6) is 0.205. The third-order valence-corrected chi connectivity index (χ3v) is 2.45. The van der Waals surface area contributed by atoms with Crippen LogP contribution in [0.3, 0.4) is 0 Å². The number of rotatable bonds is 7. The molecule has 0 spiro atoms. The Morgan fingerprint density at radius 3 is 2.36 bits per heavy atom. The Hall–Kier alpha value is -0.530. The molecule has 1 amide bonds. The van der Waals surface area contributed by atoms with E-state index in [2.05, 4.69) is 33.0 Å². The van der Waals surface area contributed by atoms with E-state index in [1.807, 2.05) is 0 Å². The molecular weight excluding hydrogens is 174 g/mol. The zero-order valence-corrected chi connectivity index (χ0v) is 10.2. The van der Waals surface area contributed by atoms with Crippen molar-refractivity contribution in [2.24, 2.45) is 5.41 Å². The van der Waals surface area contributed by atoms with E-state index in [-0.39, 0.29) is 11.3 Å². The molecule has 0 fully saturated rings. The zero-order valence-electron chi connectivity index (χ0n) is 10.2. The molecule has 0 saturated carbocycles. The number of carbonyl (C=O) groups excluding carboxylic acids is 1. The molecule has 0 radical (unpaired) electrons. The average molecular weight is 199 g/mol. The van der Waals surface area contributed by atoms with Crippen molar-refractivity contribution in [3.05, 3.63) is 0 Å². The van der Waals surface area contributed by atoms with Gasteiger partial charge in [-0.2, -0.15) is 0 Å². The second kappa shape index (κ2) is 6.86. The largest absolute Gasteiger partial charge is 0.356 e. The predicted octanol–water partition coefficient (Wildman–Crippen LogP) is 3.12. The molecule has 0 aromatic carbocycles. The van der Waals surface area contributed by atoms with Crippen LogP contribution in [0.5, 0.6) is 0 Å². The van der Waals surface area contributed by atoms with E-state index in [0.717, 1.165) is 19.4 Å². The van der Waals surface area contributed by atoms with Crippen molar-refractivity contribution < 1.29 is 4.79 Å². The van der Waals surface area contributed by atoms with E-state index >= 15 is 0 Å². The molecule has 0 saturated heterocycles. The summed E-state index contributed by atoms with van der Waals surface area (Å²) in [6.07, 6.45) is 5.11. The van der Waals surface area contributed by atoms with Crippen LogP contribution in [-0.2, 0) is 4.79 Å². The van der Waals surface area contributed by atoms with Crippen LogP contribution < -0.4 is 5.32 Å². The Balaban J connectivity index is 3.64. The number of nitrogens with one attached hydrogen (secondary N) is 1. The van der Waals surface area contributed by atoms with E-state index in [9.17, 15) is 4.79 Å². The highest BCUT2D eigenvalue weighted by Gasteiger charge is 2.16. The molecule has 0 unspecified atom stereocenters. The fourth-order valence-electron chi connectivity index (χ4n) is 1.53. The summed E-state index contributed by atoms with van der Waals surface area (Å²) in [5, 5.41) is 3.00. The summed E-state index contributed by atoms with van der Waals surface area (Å²) in [4.78, 5) is 11.3. The minimum Gasteiger partial charge on any atom is -0.356 e. The molecule has 0 atom stereocenters. The second-order valence-electron chi connectivity index (χ2n) is 4.79. The van der Waals surface area contributed by atoms with Crippen LogP contribution in [0.15, 0.2) is 0 Å². The van der Waals surface area contributed by atoms with Crippen molar-refractivity contribution in [1.82, 2.24) is 5.32 Å². The van der Waals surface area contributed by atoms with Crippen LogP contribution in [0.2, 0.25) is 0 Å². The first-order chi connectivity index (χ1) is 6.52. The maximum atomic E-state index is 11.3. The monoisotopic (exact) mass is 199 g/mol. The Kier molecular flexibility index (Phi) is 6.60. The van der Waals surface area contributed by atoms with Gasteiger partial charge >= 0.3 is 0 Å². The van der Waals surface area contributed by atoms with Gasteiger partial charge in [-0.25, -0.2) is 0 Å². The lowest BCUT2D eigenvalue weighted by Crippen LogP contribution is -2.33. The lowest BCUT2D eigenvalue weighted by atomic mass is 9.88. The SMILES string of the molecule is CCCCC(=O)NCC(C)(C)CCC. The number of hydrogen-bond acceptors (Lipinski definition) is 1. The van der Waals surface area contributed by atoms with Crippen molar-refractivity contribution >= 4 is 5.91 Å². The van der Waals surface area contributed by atoms with Gasteiger partial charge in [0.05, 0.1) is 0 Å². The Morgan fingerprint density at radius 1 is 1.21 bits per heavy atom. The van der Waals surface area contributed by atoms with Crippen molar-refractivity contribution in [3.63, 3.8) is 0 Å². The zero-order chi connectivity index (χ0) is 11.0. The van der Waals surface area contributed by atoms with E-state index < -0.39 is 0 Å². The third-order valence-electron chi connectivity index (χ3n) is 2.45. The van der Waals surface area contributed by atoms with Crippen LogP contribution in [0.25, 0.3) is 0 Å². The van der Waals surface area contributed by atoms with Gasteiger partial charge in [0.15, 0.2) is 0 Å². The molecule has 2 heteroatoms. The molecule has 0 aliphatic rings. The van der Waals surface area contributed by atoms with Gasteiger partial charge in [-0.1, -0.05) is 40.5 Å². The molecule has 0 aromatic rings. The van der Waals surface area contributed by atoms with Crippen LogP contribution in [0, 0.1) is 5.41 Å². The minimum atomic E-state index is 0.205. The summed E-state index contributed by atoms with van der Waals surface area (Å²) in [6.45, 7) is 9.51. The molecular formula is C12H25NO. The number of hydrogen-bond donors (Lipinski definition) is 1. The predicted molar refractivity (Wildman–Crippen MR) is 61.2 cm³/mol. The highest BCUT2D eigenvalue weighted by Crippen LogP contribution is 2.20. The van der Waals surface area contributed by atoms with Gasteiger partial charge in [0.25, 0.3) is 0 Å². The van der Waals surface area contributed by atoms with E-state index in [1.165, 1.54) is 12.8 Å². The maximum Gasteiger partial charge on any atom is 0.220 e. The first-order valence-electron chi connectivity index (χ1n) is 5.78. The van der Waals surface area contributed by atoms with Crippen LogP contribution >= 0.6 is 0 Å². The highest BCUT2D eigenvalue weighted by atomic mass is 16.1. The summed E-state index contributed by atoms with van der Waals surface area (Å²) in [6, 6.07) is 0. The van der Waals surface area contributed by atoms with Crippen molar-refractivity contribution in [3.8, 4) is 0 Å². The molecule has 0 aliphatic carbocycles. The fraction of sp³-hybridized carbons (Fsp3) is 0.917. The second-order valence-corrected chi connectivity index (χ2v) is 4.79. The lowest BCUT2D eigenvalue weighted by molar-refractivity contribution is -0.121. The van der Waals surface area contributed by atoms with Gasteiger partial charge in [-0.3, -0.25) is 4.79 Å². The van der Waals surface area contributed by atoms with Crippen LogP contribution in [0.1, 0.15) is 59.8 Å². The first-order valence-corrected chi connectivity index (χ1v) is 5.78. The molecule has 0 aromatic heterocycles. The molecule has 84 valence electrons. The number of unbranched alkanes of at least 4 members (excludes halogenated alkanes) is 1. The molecule has 14 heavy (non-hydrogen) atoms. The summed E-state index contributed by atoms with van der Waals surface area (Å²) in [5.41, 5.74) is 0.247. The molecule has 0 bridgehead atoms. The van der Waals surface area contributed by atoms with E-state index in [0.29, 0.717) is 6.42 Å². The first kappa shape index (κ1) is 13.5. The minimum absolute atomic E-state index is 0.205. The van der Waals surface area contributed by atoms with Gasteiger partial charge in [-0.05, 0) is 18.3 Å². The highest BCUT2D eigenvalue weighted by molar-refractivity contribution is 5.75. The maximum absolute atomic E-state index is 11.3. The van der Waals surface area contributed by atoms with Gasteiger partial charge < -0.3 is 5.32 Å². The standard InChI is InChI=1S/C12H25NO/c1-5-7-8-11(14)13-10-12(3,4)9-6-2/h5-10H2,1-4H3,(H,13,14). The molecule has 0 aliphatic heterocycles.